The maximum absolute atomic E-state index is 12.1. The molecular formula is C12H12O4. The second-order valence-electron chi connectivity index (χ2n) is 5.90. The first-order valence-corrected chi connectivity index (χ1v) is 5.55. The van der Waals surface area contributed by atoms with Crippen LogP contribution < -0.4 is 0 Å². The number of rotatable bonds is 0. The molecule has 4 aliphatic rings. The number of allylic oxidation sites excluding steroid dienone is 2. The number of carbonyl (C=O) groups excluding carboxylic acids is 2. The largest absolute Gasteiger partial charge is 0.422 e. The molecule has 0 bridgehead atoms. The lowest BCUT2D eigenvalue weighted by atomic mass is 9.48. The molecule has 2 atom stereocenters. The van der Waals surface area contributed by atoms with Crippen LogP contribution in [0.2, 0.25) is 0 Å². The lowest BCUT2D eigenvalue weighted by molar-refractivity contribution is -0.266. The van der Waals surface area contributed by atoms with Gasteiger partial charge in [0, 0.05) is 24.7 Å². The second-order valence-corrected chi connectivity index (χ2v) is 5.90. The lowest BCUT2D eigenvalue weighted by Gasteiger charge is -2.55. The molecule has 1 heterocycles. The predicted molar refractivity (Wildman–Crippen MR) is 51.9 cm³/mol. The highest BCUT2D eigenvalue weighted by molar-refractivity contribution is 6.07. The Bertz CT molecular complexity index is 469. The quantitative estimate of drug-likeness (QED) is 0.349. The number of ether oxygens (including phenoxy) is 2. The molecule has 4 nitrogen and oxygen atoms in total. The van der Waals surface area contributed by atoms with Crippen molar-refractivity contribution in [2.45, 2.75) is 32.5 Å². The first-order chi connectivity index (χ1) is 7.38. The van der Waals surface area contributed by atoms with Crippen LogP contribution in [0.5, 0.6) is 0 Å². The predicted octanol–water partition coefficient (Wildman–Crippen LogP) is 1.16. The molecule has 1 spiro atoms. The number of cyclic esters (lactones) is 2. The van der Waals surface area contributed by atoms with Gasteiger partial charge in [0.15, 0.2) is 5.41 Å². The zero-order chi connectivity index (χ0) is 11.4. The van der Waals surface area contributed by atoms with Crippen LogP contribution in [0.4, 0.5) is 0 Å². The topological polar surface area (TPSA) is 52.6 Å². The van der Waals surface area contributed by atoms with Gasteiger partial charge in [-0.2, -0.15) is 0 Å². The third kappa shape index (κ3) is 0.558. The molecule has 4 rings (SSSR count). The van der Waals surface area contributed by atoms with Gasteiger partial charge in [-0.3, -0.25) is 9.59 Å². The zero-order valence-corrected chi connectivity index (χ0v) is 9.20. The molecule has 3 aliphatic carbocycles. The summed E-state index contributed by atoms with van der Waals surface area (Å²) in [5, 5.41) is 0. The van der Waals surface area contributed by atoms with Crippen molar-refractivity contribution in [1.82, 2.24) is 0 Å². The number of esters is 2. The van der Waals surface area contributed by atoms with Crippen LogP contribution in [0.3, 0.4) is 0 Å². The Labute approximate surface area is 92.6 Å². The molecule has 0 amide bonds. The standard InChI is InChI=1S/C12H12O4/c1-9(2)15-7(13)12(8(14)16-9)6-10-3-4-11(10,12)5-10/h3-4H,5-6H2,1-2H3. The third-order valence-corrected chi connectivity index (χ3v) is 4.76. The molecule has 0 aromatic heterocycles. The molecule has 4 heteroatoms. The highest BCUT2D eigenvalue weighted by Gasteiger charge is 2.94. The van der Waals surface area contributed by atoms with Crippen LogP contribution in [-0.4, -0.2) is 17.7 Å². The summed E-state index contributed by atoms with van der Waals surface area (Å²) in [4.78, 5) is 24.2. The molecule has 0 aromatic rings. The first kappa shape index (κ1) is 8.79. The SMILES string of the molecule is CC1(C)OC(=O)C2(CC34C=CC32C4)C(=O)O1. The van der Waals surface area contributed by atoms with Gasteiger partial charge < -0.3 is 9.47 Å². The van der Waals surface area contributed by atoms with E-state index in [1.807, 2.05) is 6.08 Å². The normalized spacial score (nSPS) is 48.1. The Hall–Kier alpha value is -1.32. The molecule has 16 heavy (non-hydrogen) atoms. The maximum Gasteiger partial charge on any atom is 0.327 e. The average Bonchev–Trinajstić information content (AvgIpc) is 2.59. The summed E-state index contributed by atoms with van der Waals surface area (Å²) >= 11 is 0. The first-order valence-electron chi connectivity index (χ1n) is 5.55. The molecule has 0 N–H and O–H groups in total. The number of hydrogen-bond donors (Lipinski definition) is 0. The van der Waals surface area contributed by atoms with Gasteiger partial charge >= 0.3 is 11.9 Å². The van der Waals surface area contributed by atoms with Gasteiger partial charge in [-0.05, 0) is 12.8 Å². The van der Waals surface area contributed by atoms with Crippen molar-refractivity contribution in [2.75, 3.05) is 0 Å². The van der Waals surface area contributed by atoms with Gasteiger partial charge in [-0.15, -0.1) is 0 Å². The Morgan fingerprint density at radius 3 is 2.00 bits per heavy atom. The minimum atomic E-state index is -1.11. The Kier molecular flexibility index (Phi) is 1.00. The van der Waals surface area contributed by atoms with E-state index in [9.17, 15) is 9.59 Å². The highest BCUT2D eigenvalue weighted by atomic mass is 16.7. The van der Waals surface area contributed by atoms with E-state index >= 15 is 0 Å². The fraction of sp³-hybridized carbons (Fsp3) is 0.667. The van der Waals surface area contributed by atoms with Crippen molar-refractivity contribution in [3.8, 4) is 0 Å². The third-order valence-electron chi connectivity index (χ3n) is 4.76. The number of hydrogen-bond acceptors (Lipinski definition) is 4. The summed E-state index contributed by atoms with van der Waals surface area (Å²) < 4.78 is 10.5. The highest BCUT2D eigenvalue weighted by Crippen LogP contribution is 2.92. The molecule has 2 unspecified atom stereocenters. The van der Waals surface area contributed by atoms with Crippen LogP contribution in [0.15, 0.2) is 12.2 Å². The van der Waals surface area contributed by atoms with E-state index in [2.05, 4.69) is 6.08 Å². The van der Waals surface area contributed by atoms with E-state index in [-0.39, 0.29) is 10.8 Å². The van der Waals surface area contributed by atoms with Crippen molar-refractivity contribution in [3.63, 3.8) is 0 Å². The van der Waals surface area contributed by atoms with Crippen molar-refractivity contribution >= 4 is 11.9 Å². The molecule has 1 saturated heterocycles. The average molecular weight is 220 g/mol. The van der Waals surface area contributed by atoms with Crippen LogP contribution in [0.1, 0.15) is 26.7 Å². The molecular weight excluding hydrogens is 208 g/mol. The van der Waals surface area contributed by atoms with Crippen LogP contribution in [0.25, 0.3) is 0 Å². The van der Waals surface area contributed by atoms with E-state index in [1.165, 1.54) is 0 Å². The molecule has 3 fully saturated rings. The van der Waals surface area contributed by atoms with E-state index in [4.69, 9.17) is 9.47 Å². The molecule has 0 aromatic carbocycles. The van der Waals surface area contributed by atoms with Crippen LogP contribution >= 0.6 is 0 Å². The van der Waals surface area contributed by atoms with Gasteiger partial charge in [-0.25, -0.2) is 0 Å². The van der Waals surface area contributed by atoms with Crippen LogP contribution in [0, 0.1) is 16.2 Å². The van der Waals surface area contributed by atoms with E-state index in [0.717, 1.165) is 6.42 Å². The Morgan fingerprint density at radius 2 is 1.69 bits per heavy atom. The van der Waals surface area contributed by atoms with Crippen molar-refractivity contribution in [2.24, 2.45) is 16.2 Å². The lowest BCUT2D eigenvalue weighted by Crippen LogP contribution is -2.66. The van der Waals surface area contributed by atoms with Gasteiger partial charge in [0.05, 0.1) is 0 Å². The molecule has 1 aliphatic heterocycles. The van der Waals surface area contributed by atoms with Gasteiger partial charge in [0.25, 0.3) is 5.79 Å². The molecule has 84 valence electrons. The summed E-state index contributed by atoms with van der Waals surface area (Å²) in [6.07, 6.45) is 5.57. The zero-order valence-electron chi connectivity index (χ0n) is 9.20. The molecule has 2 saturated carbocycles. The van der Waals surface area contributed by atoms with E-state index in [0.29, 0.717) is 6.42 Å². The van der Waals surface area contributed by atoms with Gasteiger partial charge in [0.2, 0.25) is 0 Å². The second kappa shape index (κ2) is 1.83. The summed E-state index contributed by atoms with van der Waals surface area (Å²) in [5.41, 5.74) is -1.13. The minimum Gasteiger partial charge on any atom is -0.422 e. The summed E-state index contributed by atoms with van der Waals surface area (Å²) in [6.45, 7) is 3.17. The smallest absolute Gasteiger partial charge is 0.327 e. The van der Waals surface area contributed by atoms with E-state index in [1.54, 1.807) is 13.8 Å². The molecule has 0 radical (unpaired) electrons. The van der Waals surface area contributed by atoms with Crippen molar-refractivity contribution in [3.05, 3.63) is 12.2 Å². The fourth-order valence-electron chi connectivity index (χ4n) is 3.85. The van der Waals surface area contributed by atoms with Crippen molar-refractivity contribution in [1.29, 1.82) is 0 Å². The fourth-order valence-corrected chi connectivity index (χ4v) is 3.85. The number of carbonyl (C=O) groups is 2. The summed E-state index contributed by atoms with van der Waals surface area (Å²) in [7, 11) is 0. The maximum atomic E-state index is 12.1. The Balaban J connectivity index is 1.79. The summed E-state index contributed by atoms with van der Waals surface area (Å²) in [6, 6.07) is 0. The van der Waals surface area contributed by atoms with Crippen LogP contribution in [-0.2, 0) is 19.1 Å². The summed E-state index contributed by atoms with van der Waals surface area (Å²) in [5.74, 6) is -1.91. The Morgan fingerprint density at radius 1 is 1.06 bits per heavy atom. The minimum absolute atomic E-state index is 0.131. The van der Waals surface area contributed by atoms with Crippen molar-refractivity contribution < 1.29 is 19.1 Å². The monoisotopic (exact) mass is 220 g/mol. The van der Waals surface area contributed by atoms with Gasteiger partial charge in [0.1, 0.15) is 0 Å². The van der Waals surface area contributed by atoms with Gasteiger partial charge in [-0.1, -0.05) is 12.2 Å². The van der Waals surface area contributed by atoms with E-state index < -0.39 is 23.1 Å².